The molecule has 3 N–H and O–H groups in total. The molecule has 6 nitrogen and oxygen atoms in total. The molecule has 82 valence electrons. The number of aliphatic carboxylic acids is 1. The monoisotopic (exact) mass is 212 g/mol. The van der Waals surface area contributed by atoms with Gasteiger partial charge < -0.3 is 10.4 Å². The van der Waals surface area contributed by atoms with Gasteiger partial charge in [0, 0.05) is 19.0 Å². The Morgan fingerprint density at radius 3 is 2.93 bits per heavy atom. The standard InChI is InChI=1S/C9H12N2O4/c12-7-4-3-6(9(15)11-7)10-5-1-2-8(13)14/h1-2,6,10H,3-5H2,(H,13,14)(H,11,12,15)/b2-1+. The van der Waals surface area contributed by atoms with Gasteiger partial charge in [-0.25, -0.2) is 4.79 Å². The minimum absolute atomic E-state index is 0.265. The molecule has 15 heavy (non-hydrogen) atoms. The lowest BCUT2D eigenvalue weighted by Crippen LogP contribution is -2.50. The van der Waals surface area contributed by atoms with Gasteiger partial charge in [-0.1, -0.05) is 6.08 Å². The van der Waals surface area contributed by atoms with Crippen LogP contribution in [-0.4, -0.2) is 35.5 Å². The van der Waals surface area contributed by atoms with E-state index in [2.05, 4.69) is 10.6 Å². The summed E-state index contributed by atoms with van der Waals surface area (Å²) in [5.74, 6) is -1.64. The molecule has 0 aromatic carbocycles. The van der Waals surface area contributed by atoms with Gasteiger partial charge in [-0.15, -0.1) is 0 Å². The number of imide groups is 1. The van der Waals surface area contributed by atoms with E-state index in [1.807, 2.05) is 0 Å². The molecule has 1 heterocycles. The first-order valence-electron chi connectivity index (χ1n) is 4.56. The second kappa shape index (κ2) is 5.26. The summed E-state index contributed by atoms with van der Waals surface area (Å²) in [5.41, 5.74) is 0. The Balaban J connectivity index is 2.30. The van der Waals surface area contributed by atoms with Crippen LogP contribution in [0.25, 0.3) is 0 Å². The van der Waals surface area contributed by atoms with Gasteiger partial charge in [0.1, 0.15) is 0 Å². The van der Waals surface area contributed by atoms with Crippen LogP contribution in [0, 0.1) is 0 Å². The quantitative estimate of drug-likeness (QED) is 0.411. The highest BCUT2D eigenvalue weighted by Crippen LogP contribution is 2.03. The van der Waals surface area contributed by atoms with Crippen molar-refractivity contribution in [1.29, 1.82) is 0 Å². The number of amides is 2. The molecule has 0 bridgehead atoms. The van der Waals surface area contributed by atoms with Crippen molar-refractivity contribution < 1.29 is 19.5 Å². The Bertz CT molecular complexity index is 311. The maximum absolute atomic E-state index is 11.2. The van der Waals surface area contributed by atoms with Gasteiger partial charge in [0.05, 0.1) is 6.04 Å². The summed E-state index contributed by atoms with van der Waals surface area (Å²) in [6.45, 7) is 0.290. The predicted octanol–water partition coefficient (Wildman–Crippen LogP) is -0.978. The molecule has 6 heteroatoms. The number of rotatable bonds is 4. The van der Waals surface area contributed by atoms with Crippen LogP contribution in [0.5, 0.6) is 0 Å². The minimum Gasteiger partial charge on any atom is -0.478 e. The highest BCUT2D eigenvalue weighted by Gasteiger charge is 2.25. The molecule has 1 rings (SSSR count). The maximum Gasteiger partial charge on any atom is 0.328 e. The molecule has 0 spiro atoms. The van der Waals surface area contributed by atoms with Gasteiger partial charge in [0.2, 0.25) is 11.8 Å². The highest BCUT2D eigenvalue weighted by atomic mass is 16.4. The maximum atomic E-state index is 11.2. The molecule has 0 aliphatic carbocycles. The van der Waals surface area contributed by atoms with Crippen molar-refractivity contribution in [2.24, 2.45) is 0 Å². The molecule has 0 aromatic rings. The van der Waals surface area contributed by atoms with Crippen molar-refractivity contribution >= 4 is 17.8 Å². The van der Waals surface area contributed by atoms with E-state index >= 15 is 0 Å². The fraction of sp³-hybridized carbons (Fsp3) is 0.444. The number of carboxylic acid groups (broad SMARTS) is 1. The van der Waals surface area contributed by atoms with Gasteiger partial charge in [-0.3, -0.25) is 14.9 Å². The molecule has 0 aromatic heterocycles. The van der Waals surface area contributed by atoms with Crippen LogP contribution < -0.4 is 10.6 Å². The van der Waals surface area contributed by atoms with Crippen LogP contribution in [-0.2, 0) is 14.4 Å². The van der Waals surface area contributed by atoms with Crippen molar-refractivity contribution in [3.8, 4) is 0 Å². The molecular formula is C9H12N2O4. The predicted molar refractivity (Wildman–Crippen MR) is 51.0 cm³/mol. The second-order valence-corrected chi connectivity index (χ2v) is 3.15. The Labute approximate surface area is 86.3 Å². The summed E-state index contributed by atoms with van der Waals surface area (Å²) >= 11 is 0. The molecule has 1 saturated heterocycles. The lowest BCUT2D eigenvalue weighted by Gasteiger charge is -2.20. The van der Waals surface area contributed by atoms with E-state index in [9.17, 15) is 14.4 Å². The van der Waals surface area contributed by atoms with Crippen molar-refractivity contribution in [2.45, 2.75) is 18.9 Å². The van der Waals surface area contributed by atoms with Crippen molar-refractivity contribution in [2.75, 3.05) is 6.54 Å². The van der Waals surface area contributed by atoms with Crippen molar-refractivity contribution in [3.63, 3.8) is 0 Å². The number of carboxylic acids is 1. The molecule has 0 saturated carbocycles. The van der Waals surface area contributed by atoms with Crippen LogP contribution >= 0.6 is 0 Å². The molecule has 1 aliphatic rings. The van der Waals surface area contributed by atoms with E-state index < -0.39 is 12.0 Å². The number of hydrogen-bond donors (Lipinski definition) is 3. The molecule has 1 fully saturated rings. The van der Waals surface area contributed by atoms with Crippen LogP contribution in [0.15, 0.2) is 12.2 Å². The zero-order valence-electron chi connectivity index (χ0n) is 8.03. The Morgan fingerprint density at radius 2 is 2.33 bits per heavy atom. The fourth-order valence-electron chi connectivity index (χ4n) is 1.26. The average molecular weight is 212 g/mol. The van der Waals surface area contributed by atoms with Gasteiger partial charge in [-0.2, -0.15) is 0 Å². The first kappa shape index (κ1) is 11.4. The third kappa shape index (κ3) is 3.90. The molecule has 1 aliphatic heterocycles. The van der Waals surface area contributed by atoms with E-state index in [0.29, 0.717) is 19.4 Å². The summed E-state index contributed by atoms with van der Waals surface area (Å²) in [7, 11) is 0. The number of carbonyl (C=O) groups is 3. The minimum atomic E-state index is -1.03. The van der Waals surface area contributed by atoms with E-state index in [1.54, 1.807) is 0 Å². The van der Waals surface area contributed by atoms with Gasteiger partial charge in [0.25, 0.3) is 0 Å². The first-order valence-corrected chi connectivity index (χ1v) is 4.56. The molecular weight excluding hydrogens is 200 g/mol. The number of carbonyl (C=O) groups excluding carboxylic acids is 2. The van der Waals surface area contributed by atoms with Crippen LogP contribution in [0.2, 0.25) is 0 Å². The van der Waals surface area contributed by atoms with E-state index in [1.165, 1.54) is 6.08 Å². The third-order valence-electron chi connectivity index (χ3n) is 1.98. The Hall–Kier alpha value is -1.69. The number of nitrogens with one attached hydrogen (secondary N) is 2. The smallest absolute Gasteiger partial charge is 0.328 e. The lowest BCUT2D eigenvalue weighted by molar-refractivity contribution is -0.135. The topological polar surface area (TPSA) is 95.5 Å². The van der Waals surface area contributed by atoms with Gasteiger partial charge >= 0.3 is 5.97 Å². The number of hydrogen-bond acceptors (Lipinski definition) is 4. The van der Waals surface area contributed by atoms with Crippen LogP contribution in [0.4, 0.5) is 0 Å². The SMILES string of the molecule is O=C(O)/C=C/CNC1CCC(=O)NC1=O. The van der Waals surface area contributed by atoms with E-state index in [0.717, 1.165) is 6.08 Å². The van der Waals surface area contributed by atoms with Crippen LogP contribution in [0.1, 0.15) is 12.8 Å². The van der Waals surface area contributed by atoms with Gasteiger partial charge in [0.15, 0.2) is 0 Å². The zero-order valence-corrected chi connectivity index (χ0v) is 8.03. The fourth-order valence-corrected chi connectivity index (χ4v) is 1.26. The zero-order chi connectivity index (χ0) is 11.3. The molecule has 2 amide bonds. The van der Waals surface area contributed by atoms with Crippen molar-refractivity contribution in [1.82, 2.24) is 10.6 Å². The largest absolute Gasteiger partial charge is 0.478 e. The first-order chi connectivity index (χ1) is 7.09. The van der Waals surface area contributed by atoms with Gasteiger partial charge in [-0.05, 0) is 6.42 Å². The van der Waals surface area contributed by atoms with Crippen LogP contribution in [0.3, 0.4) is 0 Å². The summed E-state index contributed by atoms with van der Waals surface area (Å²) in [6.07, 6.45) is 3.17. The summed E-state index contributed by atoms with van der Waals surface area (Å²) < 4.78 is 0. The molecule has 0 radical (unpaired) electrons. The average Bonchev–Trinajstić information content (AvgIpc) is 2.14. The van der Waals surface area contributed by atoms with E-state index in [-0.39, 0.29) is 11.8 Å². The van der Waals surface area contributed by atoms with E-state index in [4.69, 9.17) is 5.11 Å². The summed E-state index contributed by atoms with van der Waals surface area (Å²) in [5, 5.41) is 13.3. The highest BCUT2D eigenvalue weighted by molar-refractivity contribution is 6.00. The molecule has 1 unspecified atom stereocenters. The third-order valence-corrected chi connectivity index (χ3v) is 1.98. The second-order valence-electron chi connectivity index (χ2n) is 3.15. The Morgan fingerprint density at radius 1 is 1.60 bits per heavy atom. The normalized spacial score (nSPS) is 21.7. The summed E-state index contributed by atoms with van der Waals surface area (Å²) in [4.78, 5) is 32.1. The Kier molecular flexibility index (Phi) is 3.99. The van der Waals surface area contributed by atoms with Crippen molar-refractivity contribution in [3.05, 3.63) is 12.2 Å². The summed E-state index contributed by atoms with van der Waals surface area (Å²) in [6, 6.07) is -0.416. The lowest BCUT2D eigenvalue weighted by atomic mass is 10.1. The number of piperidine rings is 1. The molecule has 1 atom stereocenters.